The molecule has 0 aliphatic carbocycles. The zero-order chi connectivity index (χ0) is 22.2. The van der Waals surface area contributed by atoms with Gasteiger partial charge in [0.25, 0.3) is 5.91 Å². The lowest BCUT2D eigenvalue weighted by atomic mass is 10.0. The molecule has 2 aromatic carbocycles. The third-order valence-corrected chi connectivity index (χ3v) is 7.60. The summed E-state index contributed by atoms with van der Waals surface area (Å²) >= 11 is 0. The van der Waals surface area contributed by atoms with Crippen molar-refractivity contribution in [2.75, 3.05) is 25.5 Å². The summed E-state index contributed by atoms with van der Waals surface area (Å²) in [5.74, 6) is 0.854. The smallest absolute Gasteiger partial charge is 0.291 e. The molecule has 1 N–H and O–H groups in total. The van der Waals surface area contributed by atoms with E-state index in [1.165, 1.54) is 12.1 Å². The van der Waals surface area contributed by atoms with Gasteiger partial charge in [-0.05, 0) is 68.1 Å². The number of nitrogens with zero attached hydrogens (tertiary/aromatic N) is 1. The molecule has 31 heavy (non-hydrogen) atoms. The Bertz CT molecular complexity index is 1210. The Morgan fingerprint density at radius 2 is 1.94 bits per heavy atom. The Hall–Kier alpha value is -2.84. The highest BCUT2D eigenvalue weighted by atomic mass is 32.2. The number of sulfonamides is 1. The van der Waals surface area contributed by atoms with Crippen molar-refractivity contribution in [2.24, 2.45) is 5.92 Å². The van der Waals surface area contributed by atoms with Crippen molar-refractivity contribution in [3.63, 3.8) is 0 Å². The highest BCUT2D eigenvalue weighted by molar-refractivity contribution is 7.89. The number of hydrogen-bond acceptors (Lipinski definition) is 5. The second-order valence-corrected chi connectivity index (χ2v) is 9.95. The first-order valence-electron chi connectivity index (χ1n) is 10.3. The minimum atomic E-state index is -3.53. The van der Waals surface area contributed by atoms with Gasteiger partial charge in [-0.15, -0.1) is 0 Å². The number of aryl methyl sites for hydroxylation is 1. The van der Waals surface area contributed by atoms with Crippen LogP contribution in [0.25, 0.3) is 11.0 Å². The predicted octanol–water partition coefficient (Wildman–Crippen LogP) is 4.42. The Labute approximate surface area is 182 Å². The van der Waals surface area contributed by atoms with Crippen LogP contribution in [0, 0.1) is 12.8 Å². The van der Waals surface area contributed by atoms with Crippen LogP contribution in [-0.4, -0.2) is 38.8 Å². The zero-order valence-electron chi connectivity index (χ0n) is 17.8. The Morgan fingerprint density at radius 1 is 1.19 bits per heavy atom. The molecule has 0 saturated carbocycles. The van der Waals surface area contributed by atoms with E-state index < -0.39 is 15.9 Å². The molecule has 8 heteroatoms. The molecule has 1 fully saturated rings. The van der Waals surface area contributed by atoms with Crippen molar-refractivity contribution in [2.45, 2.75) is 31.6 Å². The lowest BCUT2D eigenvalue weighted by Crippen LogP contribution is -2.39. The molecule has 164 valence electrons. The molecule has 3 aromatic rings. The number of ether oxygens (including phenoxy) is 1. The minimum Gasteiger partial charge on any atom is -0.497 e. The van der Waals surface area contributed by atoms with Gasteiger partial charge in [0.15, 0.2) is 5.76 Å². The molecule has 1 atom stereocenters. The summed E-state index contributed by atoms with van der Waals surface area (Å²) in [5.41, 5.74) is 1.80. The minimum absolute atomic E-state index is 0.210. The number of carbonyl (C=O) groups is 1. The number of fused-ring (bicyclic) bond motifs is 1. The number of amides is 1. The molecule has 4 rings (SSSR count). The molecule has 1 unspecified atom stereocenters. The van der Waals surface area contributed by atoms with E-state index in [-0.39, 0.29) is 10.7 Å². The second kappa shape index (κ2) is 8.36. The van der Waals surface area contributed by atoms with E-state index >= 15 is 0 Å². The van der Waals surface area contributed by atoms with Crippen LogP contribution in [0.1, 0.15) is 35.9 Å². The molecule has 1 amide bonds. The Morgan fingerprint density at radius 3 is 2.61 bits per heavy atom. The van der Waals surface area contributed by atoms with Crippen LogP contribution < -0.4 is 10.1 Å². The van der Waals surface area contributed by atoms with Crippen LogP contribution in [0.5, 0.6) is 5.75 Å². The van der Waals surface area contributed by atoms with Gasteiger partial charge in [-0.3, -0.25) is 4.79 Å². The van der Waals surface area contributed by atoms with Gasteiger partial charge in [0.1, 0.15) is 11.3 Å². The molecule has 2 heterocycles. The molecule has 0 radical (unpaired) electrons. The quantitative estimate of drug-likeness (QED) is 0.632. The largest absolute Gasteiger partial charge is 0.497 e. The number of furan rings is 1. The molecule has 1 aliphatic rings. The topological polar surface area (TPSA) is 88.8 Å². The van der Waals surface area contributed by atoms with Gasteiger partial charge < -0.3 is 14.5 Å². The van der Waals surface area contributed by atoms with E-state index in [1.54, 1.807) is 35.7 Å². The van der Waals surface area contributed by atoms with Gasteiger partial charge >= 0.3 is 0 Å². The maximum atomic E-state index is 12.9. The number of rotatable bonds is 5. The van der Waals surface area contributed by atoms with Crippen molar-refractivity contribution in [1.29, 1.82) is 0 Å². The molecule has 1 saturated heterocycles. The van der Waals surface area contributed by atoms with E-state index in [2.05, 4.69) is 12.2 Å². The van der Waals surface area contributed by atoms with Gasteiger partial charge in [0.05, 0.1) is 12.0 Å². The molecule has 1 aliphatic heterocycles. The fourth-order valence-corrected chi connectivity index (χ4v) is 5.55. The van der Waals surface area contributed by atoms with E-state index in [0.29, 0.717) is 41.6 Å². The van der Waals surface area contributed by atoms with Crippen LogP contribution in [0.3, 0.4) is 0 Å². The number of anilines is 1. The predicted molar refractivity (Wildman–Crippen MR) is 119 cm³/mol. The number of methoxy groups -OCH3 is 1. The average molecular weight is 443 g/mol. The van der Waals surface area contributed by atoms with E-state index in [0.717, 1.165) is 18.2 Å². The zero-order valence-corrected chi connectivity index (χ0v) is 18.7. The fourth-order valence-electron chi connectivity index (χ4n) is 3.96. The van der Waals surface area contributed by atoms with E-state index in [9.17, 15) is 13.2 Å². The molecule has 0 bridgehead atoms. The molecular weight excluding hydrogens is 416 g/mol. The van der Waals surface area contributed by atoms with Crippen molar-refractivity contribution in [3.05, 3.63) is 53.8 Å². The average Bonchev–Trinajstić information content (AvgIpc) is 3.10. The van der Waals surface area contributed by atoms with Gasteiger partial charge in [-0.2, -0.15) is 4.31 Å². The number of hydrogen-bond donors (Lipinski definition) is 1. The fraction of sp³-hybridized carbons (Fsp3) is 0.348. The highest BCUT2D eigenvalue weighted by Crippen LogP contribution is 2.30. The molecule has 1 aromatic heterocycles. The normalized spacial score (nSPS) is 17.6. The maximum absolute atomic E-state index is 12.9. The third-order valence-electron chi connectivity index (χ3n) is 5.72. The summed E-state index contributed by atoms with van der Waals surface area (Å²) in [4.78, 5) is 13.0. The first kappa shape index (κ1) is 21.4. The van der Waals surface area contributed by atoms with Crippen LogP contribution in [0.15, 0.2) is 51.8 Å². The van der Waals surface area contributed by atoms with Crippen LogP contribution in [-0.2, 0) is 10.0 Å². The summed E-state index contributed by atoms with van der Waals surface area (Å²) in [6, 6.07) is 11.6. The summed E-state index contributed by atoms with van der Waals surface area (Å²) in [6.45, 7) is 4.96. The van der Waals surface area contributed by atoms with Crippen LogP contribution in [0.4, 0.5) is 5.69 Å². The van der Waals surface area contributed by atoms with Crippen molar-refractivity contribution >= 4 is 32.6 Å². The first-order valence-corrected chi connectivity index (χ1v) is 11.7. The molecule has 7 nitrogen and oxygen atoms in total. The standard InChI is InChI=1S/C23H26N2O5S/c1-15-5-4-12-25(14-15)31(27,28)19-9-6-17(7-10-19)24-23(26)22-16(2)20-13-18(29-3)8-11-21(20)30-22/h6-11,13,15H,4-5,12,14H2,1-3H3,(H,24,26). The maximum Gasteiger partial charge on any atom is 0.291 e. The van der Waals surface area contributed by atoms with E-state index in [4.69, 9.17) is 9.15 Å². The van der Waals surface area contributed by atoms with Crippen molar-refractivity contribution in [3.8, 4) is 5.75 Å². The van der Waals surface area contributed by atoms with Gasteiger partial charge in [-0.25, -0.2) is 8.42 Å². The first-order chi connectivity index (χ1) is 14.8. The third kappa shape index (κ3) is 4.18. The summed E-state index contributed by atoms with van der Waals surface area (Å²) in [6.07, 6.45) is 1.92. The number of piperidine rings is 1. The van der Waals surface area contributed by atoms with Gasteiger partial charge in [0, 0.05) is 29.7 Å². The number of carbonyl (C=O) groups excluding carboxylic acids is 1. The van der Waals surface area contributed by atoms with Crippen LogP contribution >= 0.6 is 0 Å². The Kier molecular flexibility index (Phi) is 5.77. The summed E-state index contributed by atoms with van der Waals surface area (Å²) in [5, 5.41) is 3.59. The van der Waals surface area contributed by atoms with Crippen molar-refractivity contribution in [1.82, 2.24) is 4.31 Å². The number of benzene rings is 2. The second-order valence-electron chi connectivity index (χ2n) is 8.01. The summed E-state index contributed by atoms with van der Waals surface area (Å²) < 4.78 is 38.3. The lowest BCUT2D eigenvalue weighted by molar-refractivity contribution is 0.0998. The van der Waals surface area contributed by atoms with E-state index in [1.807, 2.05) is 13.0 Å². The van der Waals surface area contributed by atoms with Gasteiger partial charge in [-0.1, -0.05) is 6.92 Å². The summed E-state index contributed by atoms with van der Waals surface area (Å²) in [7, 11) is -1.95. The monoisotopic (exact) mass is 442 g/mol. The number of nitrogens with one attached hydrogen (secondary N) is 1. The SMILES string of the molecule is COc1ccc2oc(C(=O)Nc3ccc(S(=O)(=O)N4CCCC(C)C4)cc3)c(C)c2c1. The van der Waals surface area contributed by atoms with Gasteiger partial charge in [0.2, 0.25) is 10.0 Å². The van der Waals surface area contributed by atoms with Crippen LogP contribution in [0.2, 0.25) is 0 Å². The van der Waals surface area contributed by atoms with Crippen molar-refractivity contribution < 1.29 is 22.4 Å². The highest BCUT2D eigenvalue weighted by Gasteiger charge is 2.28. The Balaban J connectivity index is 1.52. The molecular formula is C23H26N2O5S. The lowest BCUT2D eigenvalue weighted by Gasteiger charge is -2.30. The molecule has 0 spiro atoms.